The molecule has 0 radical (unpaired) electrons. The molecule has 0 amide bonds. The van der Waals surface area contributed by atoms with Crippen LogP contribution in [0.2, 0.25) is 0 Å². The highest BCUT2D eigenvalue weighted by Crippen LogP contribution is 2.29. The molecule has 3 rings (SSSR count). The molecule has 1 atom stereocenters. The first-order valence-corrected chi connectivity index (χ1v) is 6.87. The van der Waals surface area contributed by atoms with Gasteiger partial charge in [0.1, 0.15) is 17.0 Å². The Hall–Kier alpha value is -1.72. The van der Waals surface area contributed by atoms with Gasteiger partial charge in [0.25, 0.3) is 0 Å². The molecule has 1 saturated heterocycles. The summed E-state index contributed by atoms with van der Waals surface area (Å²) in [6.07, 6.45) is 0. The summed E-state index contributed by atoms with van der Waals surface area (Å²) in [7, 11) is 0. The maximum Gasteiger partial charge on any atom is 0.122 e. The van der Waals surface area contributed by atoms with Crippen molar-refractivity contribution < 1.29 is 9.37 Å². The molecule has 2 aromatic rings. The predicted octanol–water partition coefficient (Wildman–Crippen LogP) is 2.13. The molecule has 1 unspecified atom stereocenters. The average Bonchev–Trinajstić information content (AvgIpc) is 2.85. The molecule has 5 heteroatoms. The van der Waals surface area contributed by atoms with Crippen molar-refractivity contribution in [2.75, 3.05) is 19.7 Å². The molecule has 0 saturated carbocycles. The number of rotatable bonds is 3. The van der Waals surface area contributed by atoms with Crippen molar-refractivity contribution in [1.82, 2.24) is 15.2 Å². The van der Waals surface area contributed by atoms with Gasteiger partial charge in [0, 0.05) is 19.6 Å². The summed E-state index contributed by atoms with van der Waals surface area (Å²) in [5.74, 6) is 0. The number of aryl methyl sites for hydroxylation is 1. The van der Waals surface area contributed by atoms with Crippen molar-refractivity contribution >= 4 is 0 Å². The van der Waals surface area contributed by atoms with Gasteiger partial charge in [-0.15, -0.1) is 0 Å². The van der Waals surface area contributed by atoms with Crippen LogP contribution in [0.3, 0.4) is 0 Å². The molecule has 1 aliphatic heterocycles. The van der Waals surface area contributed by atoms with Crippen molar-refractivity contribution in [2.24, 2.45) is 0 Å². The molecule has 106 valence electrons. The van der Waals surface area contributed by atoms with Gasteiger partial charge in [-0.2, -0.15) is 0 Å². The van der Waals surface area contributed by atoms with Gasteiger partial charge in [-0.3, -0.25) is 4.90 Å². The van der Waals surface area contributed by atoms with Crippen LogP contribution in [0, 0.1) is 6.92 Å². The van der Waals surface area contributed by atoms with Crippen LogP contribution in [-0.2, 0) is 16.9 Å². The van der Waals surface area contributed by atoms with Gasteiger partial charge in [0.2, 0.25) is 0 Å². The van der Waals surface area contributed by atoms with Gasteiger partial charge in [-0.05, 0) is 19.4 Å². The van der Waals surface area contributed by atoms with Crippen molar-refractivity contribution in [2.45, 2.75) is 26.0 Å². The summed E-state index contributed by atoms with van der Waals surface area (Å²) in [5.41, 5.74) is 2.70. The van der Waals surface area contributed by atoms with Crippen LogP contribution >= 0.6 is 0 Å². The third-order valence-corrected chi connectivity index (χ3v) is 3.86. The van der Waals surface area contributed by atoms with E-state index in [0.29, 0.717) is 0 Å². The fourth-order valence-corrected chi connectivity index (χ4v) is 2.66. The molecule has 1 fully saturated rings. The van der Waals surface area contributed by atoms with Gasteiger partial charge in [0.05, 0.1) is 6.61 Å². The van der Waals surface area contributed by atoms with Crippen LogP contribution in [0.1, 0.15) is 23.9 Å². The van der Waals surface area contributed by atoms with Crippen molar-refractivity contribution in [3.8, 4) is 0 Å². The Morgan fingerprint density at radius 1 is 1.25 bits per heavy atom. The number of benzene rings is 1. The standard InChI is InChI=1S/C15H19N3O2/c1-12-14(17-20-16-12)10-18-8-9-19-15(2,11-18)13-6-4-3-5-7-13/h3-7H,8-11H2,1-2H3. The van der Waals surface area contributed by atoms with Crippen LogP contribution < -0.4 is 0 Å². The maximum absolute atomic E-state index is 6.03. The third-order valence-electron chi connectivity index (χ3n) is 3.86. The van der Waals surface area contributed by atoms with Gasteiger partial charge < -0.3 is 4.74 Å². The molecule has 1 aromatic heterocycles. The molecule has 0 N–H and O–H groups in total. The van der Waals surface area contributed by atoms with Crippen LogP contribution in [0.5, 0.6) is 0 Å². The van der Waals surface area contributed by atoms with E-state index in [-0.39, 0.29) is 5.60 Å². The Labute approximate surface area is 118 Å². The monoisotopic (exact) mass is 273 g/mol. The van der Waals surface area contributed by atoms with Crippen LogP contribution in [-0.4, -0.2) is 34.9 Å². The van der Waals surface area contributed by atoms with E-state index in [2.05, 4.69) is 46.4 Å². The van der Waals surface area contributed by atoms with E-state index in [1.54, 1.807) is 0 Å². The second kappa shape index (κ2) is 5.34. The summed E-state index contributed by atoms with van der Waals surface area (Å²) in [5, 5.41) is 7.79. The highest BCUT2D eigenvalue weighted by Gasteiger charge is 2.34. The lowest BCUT2D eigenvalue weighted by Crippen LogP contribution is -2.47. The number of morpholine rings is 1. The molecular formula is C15H19N3O2. The molecule has 1 aliphatic rings. The van der Waals surface area contributed by atoms with Crippen LogP contribution in [0.15, 0.2) is 35.0 Å². The number of aromatic nitrogens is 2. The minimum absolute atomic E-state index is 0.273. The summed E-state index contributed by atoms with van der Waals surface area (Å²) in [4.78, 5) is 2.34. The SMILES string of the molecule is Cc1nonc1CN1CCOC(C)(c2ccccc2)C1. The lowest BCUT2D eigenvalue weighted by Gasteiger charge is -2.40. The van der Waals surface area contributed by atoms with E-state index < -0.39 is 0 Å². The van der Waals surface area contributed by atoms with Gasteiger partial charge >= 0.3 is 0 Å². The third kappa shape index (κ3) is 2.59. The zero-order valence-electron chi connectivity index (χ0n) is 11.9. The fraction of sp³-hybridized carbons (Fsp3) is 0.467. The van der Waals surface area contributed by atoms with E-state index in [9.17, 15) is 0 Å². The van der Waals surface area contributed by atoms with E-state index in [4.69, 9.17) is 9.37 Å². The first kappa shape index (κ1) is 13.3. The van der Waals surface area contributed by atoms with Crippen molar-refractivity contribution in [3.05, 3.63) is 47.3 Å². The number of hydrogen-bond acceptors (Lipinski definition) is 5. The topological polar surface area (TPSA) is 51.4 Å². The Morgan fingerprint density at radius 3 is 2.75 bits per heavy atom. The number of nitrogens with zero attached hydrogens (tertiary/aromatic N) is 3. The zero-order chi connectivity index (χ0) is 14.0. The van der Waals surface area contributed by atoms with Gasteiger partial charge in [-0.25, -0.2) is 4.63 Å². The maximum atomic E-state index is 6.03. The average molecular weight is 273 g/mol. The second-order valence-corrected chi connectivity index (χ2v) is 5.45. The Bertz CT molecular complexity index is 570. The smallest absolute Gasteiger partial charge is 0.122 e. The quantitative estimate of drug-likeness (QED) is 0.857. The van der Waals surface area contributed by atoms with Gasteiger partial charge in [-0.1, -0.05) is 40.6 Å². The first-order chi connectivity index (χ1) is 9.67. The second-order valence-electron chi connectivity index (χ2n) is 5.45. The van der Waals surface area contributed by atoms with E-state index >= 15 is 0 Å². The number of ether oxygens (including phenoxy) is 1. The normalized spacial score (nSPS) is 23.9. The Morgan fingerprint density at radius 2 is 2.05 bits per heavy atom. The Kier molecular flexibility index (Phi) is 3.54. The summed E-state index contributed by atoms with van der Waals surface area (Å²) < 4.78 is 10.8. The molecule has 5 nitrogen and oxygen atoms in total. The van der Waals surface area contributed by atoms with E-state index in [1.165, 1.54) is 5.56 Å². The summed E-state index contributed by atoms with van der Waals surface area (Å²) in [6.45, 7) is 7.26. The zero-order valence-corrected chi connectivity index (χ0v) is 11.9. The van der Waals surface area contributed by atoms with Crippen molar-refractivity contribution in [3.63, 3.8) is 0 Å². The molecule has 2 heterocycles. The van der Waals surface area contributed by atoms with E-state index in [0.717, 1.165) is 37.6 Å². The molecule has 20 heavy (non-hydrogen) atoms. The van der Waals surface area contributed by atoms with Crippen molar-refractivity contribution in [1.29, 1.82) is 0 Å². The predicted molar refractivity (Wildman–Crippen MR) is 74.1 cm³/mol. The molecule has 1 aromatic carbocycles. The summed E-state index contributed by atoms with van der Waals surface area (Å²) >= 11 is 0. The molecular weight excluding hydrogens is 254 g/mol. The largest absolute Gasteiger partial charge is 0.368 e. The summed E-state index contributed by atoms with van der Waals surface area (Å²) in [6, 6.07) is 10.4. The highest BCUT2D eigenvalue weighted by atomic mass is 16.6. The minimum Gasteiger partial charge on any atom is -0.368 e. The van der Waals surface area contributed by atoms with Gasteiger partial charge in [0.15, 0.2) is 0 Å². The molecule has 0 aliphatic carbocycles. The highest BCUT2D eigenvalue weighted by molar-refractivity contribution is 5.23. The fourth-order valence-electron chi connectivity index (χ4n) is 2.66. The first-order valence-electron chi connectivity index (χ1n) is 6.87. The molecule has 0 bridgehead atoms. The van der Waals surface area contributed by atoms with Crippen LogP contribution in [0.4, 0.5) is 0 Å². The lowest BCUT2D eigenvalue weighted by molar-refractivity contribution is -0.105. The number of hydrogen-bond donors (Lipinski definition) is 0. The van der Waals surface area contributed by atoms with Crippen LogP contribution in [0.25, 0.3) is 0 Å². The Balaban J connectivity index is 1.75. The minimum atomic E-state index is -0.273. The molecule has 0 spiro atoms. The lowest BCUT2D eigenvalue weighted by atomic mass is 9.94. The van der Waals surface area contributed by atoms with E-state index in [1.807, 2.05) is 13.0 Å².